The van der Waals surface area contributed by atoms with Crippen LogP contribution in [0.1, 0.15) is 18.9 Å². The number of benzene rings is 1. The molecule has 7 nitrogen and oxygen atoms in total. The number of carbonyl (C=O) groups excluding carboxylic acids is 1. The Labute approximate surface area is 161 Å². The summed E-state index contributed by atoms with van der Waals surface area (Å²) >= 11 is 0. The highest BCUT2D eigenvalue weighted by Crippen LogP contribution is 2.09. The normalized spacial score (nSPS) is 15.0. The molecule has 1 fully saturated rings. The van der Waals surface area contributed by atoms with Crippen LogP contribution in [0.25, 0.3) is 0 Å². The SMILES string of the molecule is C#Cc1cccc(NC(=O)CN=C(NCC)NCCCN2CCOCC2)c1. The molecule has 1 aliphatic heterocycles. The monoisotopic (exact) mass is 371 g/mol. The molecular weight excluding hydrogens is 342 g/mol. The molecular formula is C20H29N5O2. The minimum atomic E-state index is -0.185. The number of hydrogen-bond acceptors (Lipinski definition) is 4. The van der Waals surface area contributed by atoms with Crippen molar-refractivity contribution in [3.8, 4) is 12.3 Å². The van der Waals surface area contributed by atoms with Gasteiger partial charge in [0, 0.05) is 37.4 Å². The molecule has 0 bridgehead atoms. The molecule has 1 amide bonds. The number of ether oxygens (including phenoxy) is 1. The van der Waals surface area contributed by atoms with Gasteiger partial charge in [-0.05, 0) is 38.1 Å². The summed E-state index contributed by atoms with van der Waals surface area (Å²) in [6.07, 6.45) is 6.39. The fraction of sp³-hybridized carbons (Fsp3) is 0.500. The third kappa shape index (κ3) is 8.11. The van der Waals surface area contributed by atoms with Crippen molar-refractivity contribution in [2.24, 2.45) is 4.99 Å². The van der Waals surface area contributed by atoms with E-state index in [0.29, 0.717) is 11.6 Å². The van der Waals surface area contributed by atoms with Gasteiger partial charge in [0.1, 0.15) is 6.54 Å². The van der Waals surface area contributed by atoms with Crippen molar-refractivity contribution in [2.45, 2.75) is 13.3 Å². The molecule has 2 rings (SSSR count). The van der Waals surface area contributed by atoms with Crippen molar-refractivity contribution in [1.29, 1.82) is 0 Å². The van der Waals surface area contributed by atoms with Crippen molar-refractivity contribution in [3.63, 3.8) is 0 Å². The first-order valence-corrected chi connectivity index (χ1v) is 9.40. The minimum Gasteiger partial charge on any atom is -0.379 e. The van der Waals surface area contributed by atoms with Crippen LogP contribution in [0, 0.1) is 12.3 Å². The van der Waals surface area contributed by atoms with E-state index in [0.717, 1.165) is 57.9 Å². The molecule has 0 radical (unpaired) electrons. The van der Waals surface area contributed by atoms with Crippen LogP contribution >= 0.6 is 0 Å². The maximum absolute atomic E-state index is 12.1. The van der Waals surface area contributed by atoms with Gasteiger partial charge in [-0.1, -0.05) is 12.0 Å². The summed E-state index contributed by atoms with van der Waals surface area (Å²) < 4.78 is 5.35. The topological polar surface area (TPSA) is 78.0 Å². The largest absolute Gasteiger partial charge is 0.379 e. The average molecular weight is 371 g/mol. The summed E-state index contributed by atoms with van der Waals surface area (Å²) in [7, 11) is 0. The fourth-order valence-electron chi connectivity index (χ4n) is 2.71. The van der Waals surface area contributed by atoms with E-state index in [9.17, 15) is 4.79 Å². The lowest BCUT2D eigenvalue weighted by Crippen LogP contribution is -2.41. The van der Waals surface area contributed by atoms with Gasteiger partial charge in [-0.25, -0.2) is 4.99 Å². The van der Waals surface area contributed by atoms with Crippen LogP contribution in [0.15, 0.2) is 29.3 Å². The van der Waals surface area contributed by atoms with Gasteiger partial charge in [0.05, 0.1) is 13.2 Å². The summed E-state index contributed by atoms with van der Waals surface area (Å²) in [4.78, 5) is 18.9. The number of carbonyl (C=O) groups is 1. The Kier molecular flexibility index (Phi) is 9.18. The predicted molar refractivity (Wildman–Crippen MR) is 109 cm³/mol. The predicted octanol–water partition coefficient (Wildman–Crippen LogP) is 0.884. The summed E-state index contributed by atoms with van der Waals surface area (Å²) in [5.74, 6) is 3.01. The molecule has 1 aliphatic rings. The highest BCUT2D eigenvalue weighted by atomic mass is 16.5. The Morgan fingerprint density at radius 2 is 2.15 bits per heavy atom. The quantitative estimate of drug-likeness (QED) is 0.274. The van der Waals surface area contributed by atoms with Crippen molar-refractivity contribution in [2.75, 3.05) is 57.8 Å². The molecule has 0 aliphatic carbocycles. The Hall–Kier alpha value is -2.56. The fourth-order valence-corrected chi connectivity index (χ4v) is 2.71. The highest BCUT2D eigenvalue weighted by molar-refractivity contribution is 5.94. The lowest BCUT2D eigenvalue weighted by Gasteiger charge is -2.26. The van der Waals surface area contributed by atoms with Crippen LogP contribution < -0.4 is 16.0 Å². The van der Waals surface area contributed by atoms with E-state index >= 15 is 0 Å². The molecule has 0 spiro atoms. The second-order valence-corrected chi connectivity index (χ2v) is 6.20. The van der Waals surface area contributed by atoms with Crippen molar-refractivity contribution < 1.29 is 9.53 Å². The lowest BCUT2D eigenvalue weighted by atomic mass is 10.2. The van der Waals surface area contributed by atoms with Crippen LogP contribution in [0.2, 0.25) is 0 Å². The van der Waals surface area contributed by atoms with E-state index in [1.165, 1.54) is 0 Å². The van der Waals surface area contributed by atoms with Crippen LogP contribution in [0.5, 0.6) is 0 Å². The third-order valence-corrected chi connectivity index (χ3v) is 4.09. The van der Waals surface area contributed by atoms with E-state index in [-0.39, 0.29) is 12.5 Å². The first kappa shape index (κ1) is 20.7. The smallest absolute Gasteiger partial charge is 0.246 e. The molecule has 7 heteroatoms. The van der Waals surface area contributed by atoms with Gasteiger partial charge in [0.15, 0.2) is 5.96 Å². The molecule has 1 aromatic carbocycles. The summed E-state index contributed by atoms with van der Waals surface area (Å²) in [6.45, 7) is 8.23. The Bertz CT molecular complexity index is 663. The molecule has 0 saturated carbocycles. The highest BCUT2D eigenvalue weighted by Gasteiger charge is 2.09. The van der Waals surface area contributed by atoms with Gasteiger partial charge in [-0.2, -0.15) is 0 Å². The van der Waals surface area contributed by atoms with E-state index in [1.54, 1.807) is 12.1 Å². The first-order chi connectivity index (χ1) is 13.2. The number of aliphatic imine (C=N–C) groups is 1. The Balaban J connectivity index is 1.74. The van der Waals surface area contributed by atoms with Gasteiger partial charge >= 0.3 is 0 Å². The molecule has 0 atom stereocenters. The van der Waals surface area contributed by atoms with Gasteiger partial charge in [0.2, 0.25) is 5.91 Å². The molecule has 0 aromatic heterocycles. The number of terminal acetylenes is 1. The number of nitrogens with one attached hydrogen (secondary N) is 3. The zero-order valence-corrected chi connectivity index (χ0v) is 16.0. The molecule has 1 aromatic rings. The van der Waals surface area contributed by atoms with E-state index in [4.69, 9.17) is 11.2 Å². The van der Waals surface area contributed by atoms with Gasteiger partial charge in [-0.15, -0.1) is 6.42 Å². The van der Waals surface area contributed by atoms with Crippen molar-refractivity contribution in [3.05, 3.63) is 29.8 Å². The maximum atomic E-state index is 12.1. The number of morpholine rings is 1. The average Bonchev–Trinajstić information content (AvgIpc) is 2.70. The van der Waals surface area contributed by atoms with Crippen LogP contribution in [-0.2, 0) is 9.53 Å². The van der Waals surface area contributed by atoms with E-state index in [1.807, 2.05) is 19.1 Å². The minimum absolute atomic E-state index is 0.0408. The van der Waals surface area contributed by atoms with Crippen LogP contribution in [-0.4, -0.2) is 69.2 Å². The Morgan fingerprint density at radius 3 is 2.89 bits per heavy atom. The van der Waals surface area contributed by atoms with Crippen LogP contribution in [0.4, 0.5) is 5.69 Å². The second kappa shape index (κ2) is 11.9. The van der Waals surface area contributed by atoms with E-state index < -0.39 is 0 Å². The number of nitrogens with zero attached hydrogens (tertiary/aromatic N) is 2. The lowest BCUT2D eigenvalue weighted by molar-refractivity contribution is -0.114. The van der Waals surface area contributed by atoms with Gasteiger partial charge in [-0.3, -0.25) is 9.69 Å². The van der Waals surface area contributed by atoms with Crippen LogP contribution in [0.3, 0.4) is 0 Å². The van der Waals surface area contributed by atoms with Gasteiger partial charge in [0.25, 0.3) is 0 Å². The summed E-state index contributed by atoms with van der Waals surface area (Å²) in [5.41, 5.74) is 1.40. The third-order valence-electron chi connectivity index (χ3n) is 4.09. The maximum Gasteiger partial charge on any atom is 0.246 e. The molecule has 0 unspecified atom stereocenters. The molecule has 27 heavy (non-hydrogen) atoms. The molecule has 1 saturated heterocycles. The molecule has 1 heterocycles. The first-order valence-electron chi connectivity index (χ1n) is 9.40. The van der Waals surface area contributed by atoms with E-state index in [2.05, 4.69) is 31.8 Å². The van der Waals surface area contributed by atoms with Crippen molar-refractivity contribution in [1.82, 2.24) is 15.5 Å². The van der Waals surface area contributed by atoms with Crippen molar-refractivity contribution >= 4 is 17.6 Å². The number of hydrogen-bond donors (Lipinski definition) is 3. The standard InChI is InChI=1S/C20H29N5O2/c1-3-17-7-5-8-18(15-17)24-19(26)16-23-20(21-4-2)22-9-6-10-25-11-13-27-14-12-25/h1,5,7-8,15H,4,6,9-14,16H2,2H3,(H,24,26)(H2,21,22,23). The number of guanidine groups is 1. The molecule has 146 valence electrons. The Morgan fingerprint density at radius 1 is 1.33 bits per heavy atom. The zero-order chi connectivity index (χ0) is 19.3. The van der Waals surface area contributed by atoms with Gasteiger partial charge < -0.3 is 20.7 Å². The summed E-state index contributed by atoms with van der Waals surface area (Å²) in [6, 6.07) is 7.19. The zero-order valence-electron chi connectivity index (χ0n) is 16.0. The number of rotatable bonds is 8. The second-order valence-electron chi connectivity index (χ2n) is 6.20. The number of amides is 1. The number of anilines is 1. The summed E-state index contributed by atoms with van der Waals surface area (Å²) in [5, 5.41) is 9.24. The molecule has 3 N–H and O–H groups in total.